The van der Waals surface area contributed by atoms with Crippen molar-refractivity contribution in [2.45, 2.75) is 6.04 Å². The third-order valence-corrected chi connectivity index (χ3v) is 5.26. The number of carbonyl (C=O) groups excluding carboxylic acids is 2. The van der Waals surface area contributed by atoms with Gasteiger partial charge in [0.25, 0.3) is 11.7 Å². The van der Waals surface area contributed by atoms with Gasteiger partial charge in [-0.05, 0) is 56.1 Å². The largest absolute Gasteiger partial charge is 0.507 e. The molecule has 1 N–H and O–H groups in total. The van der Waals surface area contributed by atoms with Gasteiger partial charge in [-0.2, -0.15) is 0 Å². The van der Waals surface area contributed by atoms with E-state index in [-0.39, 0.29) is 11.3 Å². The number of aliphatic hydroxyl groups is 1. The molecule has 1 amide bonds. The second-order valence-electron chi connectivity index (χ2n) is 7.47. The summed E-state index contributed by atoms with van der Waals surface area (Å²) >= 11 is 6.03. The first-order chi connectivity index (χ1) is 14.8. The molecule has 0 aliphatic carbocycles. The summed E-state index contributed by atoms with van der Waals surface area (Å²) in [7, 11) is 3.79. The molecule has 31 heavy (non-hydrogen) atoms. The van der Waals surface area contributed by atoms with E-state index in [1.54, 1.807) is 54.6 Å². The molecule has 1 atom stereocenters. The Morgan fingerprint density at radius 1 is 1.16 bits per heavy atom. The van der Waals surface area contributed by atoms with Crippen molar-refractivity contribution in [3.8, 4) is 5.75 Å². The highest BCUT2D eigenvalue weighted by molar-refractivity contribution is 6.46. The average molecular weight is 441 g/mol. The lowest BCUT2D eigenvalue weighted by atomic mass is 9.95. The Hall–Kier alpha value is -3.09. The summed E-state index contributed by atoms with van der Waals surface area (Å²) < 4.78 is 5.46. The Bertz CT molecular complexity index is 997. The standard InChI is InChI=1S/C24H25ClN2O4/c1-4-15-31-19-11-7-17(8-12-19)22(28)20-21(16-5-9-18(25)10-6-16)27(14-13-26(2)3)24(30)23(20)29/h4-12,21,28H,1,13-15H2,2-3H3/b22-20+/t21-/m1/s1. The van der Waals surface area contributed by atoms with Crippen molar-refractivity contribution >= 4 is 29.1 Å². The SMILES string of the molecule is C=CCOc1ccc(/C(O)=C2\C(=O)C(=O)N(CCN(C)C)[C@@H]2c2ccc(Cl)cc2)cc1. The number of aliphatic hydroxyl groups excluding tert-OH is 1. The highest BCUT2D eigenvalue weighted by Crippen LogP contribution is 2.39. The lowest BCUT2D eigenvalue weighted by Crippen LogP contribution is -2.35. The summed E-state index contributed by atoms with van der Waals surface area (Å²) in [5.74, 6) is -0.949. The highest BCUT2D eigenvalue weighted by atomic mass is 35.5. The van der Waals surface area contributed by atoms with Gasteiger partial charge in [0.15, 0.2) is 0 Å². The van der Waals surface area contributed by atoms with E-state index >= 15 is 0 Å². The number of likely N-dealkylation sites (N-methyl/N-ethyl adjacent to an activating group) is 1. The van der Waals surface area contributed by atoms with Crippen LogP contribution < -0.4 is 4.74 Å². The monoisotopic (exact) mass is 440 g/mol. The lowest BCUT2D eigenvalue weighted by molar-refractivity contribution is -0.140. The molecule has 3 rings (SSSR count). The number of hydrogen-bond donors (Lipinski definition) is 1. The van der Waals surface area contributed by atoms with Gasteiger partial charge in [-0.15, -0.1) is 0 Å². The topological polar surface area (TPSA) is 70.1 Å². The molecule has 1 aliphatic heterocycles. The van der Waals surface area contributed by atoms with Crippen LogP contribution in [-0.2, 0) is 9.59 Å². The van der Waals surface area contributed by atoms with E-state index in [4.69, 9.17) is 16.3 Å². The number of hydrogen-bond acceptors (Lipinski definition) is 5. The molecule has 0 saturated carbocycles. The number of Topliss-reactive ketones (excluding diaryl/α,β-unsaturated/α-hetero) is 1. The normalized spacial score (nSPS) is 17.9. The minimum Gasteiger partial charge on any atom is -0.507 e. The summed E-state index contributed by atoms with van der Waals surface area (Å²) in [6.45, 7) is 4.89. The third kappa shape index (κ3) is 4.98. The number of benzene rings is 2. The maximum Gasteiger partial charge on any atom is 0.295 e. The first-order valence-corrected chi connectivity index (χ1v) is 10.2. The maximum absolute atomic E-state index is 12.9. The van der Waals surface area contributed by atoms with E-state index in [1.165, 1.54) is 4.90 Å². The molecule has 0 bridgehead atoms. The van der Waals surface area contributed by atoms with Crippen molar-refractivity contribution in [3.05, 3.63) is 82.9 Å². The Kier molecular flexibility index (Phi) is 7.15. The number of carbonyl (C=O) groups is 2. The summed E-state index contributed by atoms with van der Waals surface area (Å²) in [6.07, 6.45) is 1.63. The lowest BCUT2D eigenvalue weighted by Gasteiger charge is -2.26. The van der Waals surface area contributed by atoms with Gasteiger partial charge in [-0.3, -0.25) is 9.59 Å². The van der Waals surface area contributed by atoms with Gasteiger partial charge in [0.2, 0.25) is 0 Å². The van der Waals surface area contributed by atoms with Crippen LogP contribution in [0.25, 0.3) is 5.76 Å². The van der Waals surface area contributed by atoms with E-state index in [1.807, 2.05) is 19.0 Å². The van der Waals surface area contributed by atoms with Gasteiger partial charge >= 0.3 is 0 Å². The molecule has 0 aromatic heterocycles. The Morgan fingerprint density at radius 3 is 2.39 bits per heavy atom. The van der Waals surface area contributed by atoms with Crippen LogP contribution in [0, 0.1) is 0 Å². The van der Waals surface area contributed by atoms with Crippen LogP contribution in [0.4, 0.5) is 0 Å². The Labute approximate surface area is 187 Å². The summed E-state index contributed by atoms with van der Waals surface area (Å²) in [4.78, 5) is 29.2. The molecule has 162 valence electrons. The first-order valence-electron chi connectivity index (χ1n) is 9.86. The molecule has 0 spiro atoms. The smallest absolute Gasteiger partial charge is 0.295 e. The molecule has 7 heteroatoms. The zero-order valence-electron chi connectivity index (χ0n) is 17.5. The van der Waals surface area contributed by atoms with Crippen LogP contribution in [0.15, 0.2) is 66.8 Å². The minimum absolute atomic E-state index is 0.0610. The number of ketones is 1. The summed E-state index contributed by atoms with van der Waals surface area (Å²) in [6, 6.07) is 12.9. The number of rotatable bonds is 8. The molecule has 1 aliphatic rings. The third-order valence-electron chi connectivity index (χ3n) is 5.01. The zero-order chi connectivity index (χ0) is 22.5. The predicted molar refractivity (Wildman–Crippen MR) is 121 cm³/mol. The van der Waals surface area contributed by atoms with Crippen molar-refractivity contribution in [3.63, 3.8) is 0 Å². The van der Waals surface area contributed by atoms with Gasteiger partial charge in [-0.25, -0.2) is 0 Å². The van der Waals surface area contributed by atoms with Gasteiger partial charge in [0.1, 0.15) is 18.1 Å². The highest BCUT2D eigenvalue weighted by Gasteiger charge is 2.45. The van der Waals surface area contributed by atoms with Gasteiger partial charge < -0.3 is 19.6 Å². The second kappa shape index (κ2) is 9.81. The first kappa shape index (κ1) is 22.6. The van der Waals surface area contributed by atoms with Crippen LogP contribution in [0.2, 0.25) is 5.02 Å². The molecule has 1 saturated heterocycles. The van der Waals surface area contributed by atoms with E-state index in [9.17, 15) is 14.7 Å². The van der Waals surface area contributed by atoms with Crippen molar-refractivity contribution in [2.75, 3.05) is 33.8 Å². The fourth-order valence-electron chi connectivity index (χ4n) is 3.43. The van der Waals surface area contributed by atoms with Crippen molar-refractivity contribution < 1.29 is 19.4 Å². The van der Waals surface area contributed by atoms with Crippen LogP contribution >= 0.6 is 11.6 Å². The fourth-order valence-corrected chi connectivity index (χ4v) is 3.56. The summed E-state index contributed by atoms with van der Waals surface area (Å²) in [5.41, 5.74) is 1.19. The van der Waals surface area contributed by atoms with E-state index in [0.29, 0.717) is 41.6 Å². The van der Waals surface area contributed by atoms with Gasteiger partial charge in [0.05, 0.1) is 11.6 Å². The quantitative estimate of drug-likeness (QED) is 0.292. The minimum atomic E-state index is -0.705. The van der Waals surface area contributed by atoms with Gasteiger partial charge in [-0.1, -0.05) is 36.4 Å². The van der Waals surface area contributed by atoms with E-state index in [0.717, 1.165) is 0 Å². The van der Waals surface area contributed by atoms with Crippen LogP contribution in [0.3, 0.4) is 0 Å². The molecular formula is C24H25ClN2O4. The second-order valence-corrected chi connectivity index (χ2v) is 7.91. The molecule has 0 unspecified atom stereocenters. The fraction of sp³-hybridized carbons (Fsp3) is 0.250. The van der Waals surface area contributed by atoms with E-state index in [2.05, 4.69) is 6.58 Å². The molecule has 2 aromatic carbocycles. The predicted octanol–water partition coefficient (Wildman–Crippen LogP) is 3.89. The molecule has 1 fully saturated rings. The Balaban J connectivity index is 2.05. The number of likely N-dealkylation sites (tertiary alicyclic amines) is 1. The number of ether oxygens (including phenoxy) is 1. The summed E-state index contributed by atoms with van der Waals surface area (Å²) in [5, 5.41) is 11.6. The average Bonchev–Trinajstić information content (AvgIpc) is 3.01. The molecule has 1 heterocycles. The number of amides is 1. The van der Waals surface area contributed by atoms with E-state index < -0.39 is 17.7 Å². The van der Waals surface area contributed by atoms with Crippen LogP contribution in [0.5, 0.6) is 5.75 Å². The molecule has 2 aromatic rings. The van der Waals surface area contributed by atoms with Crippen molar-refractivity contribution in [1.82, 2.24) is 9.80 Å². The van der Waals surface area contributed by atoms with Crippen molar-refractivity contribution in [2.24, 2.45) is 0 Å². The molecular weight excluding hydrogens is 416 g/mol. The van der Waals surface area contributed by atoms with Crippen LogP contribution in [-0.4, -0.2) is 60.4 Å². The molecule has 6 nitrogen and oxygen atoms in total. The number of nitrogens with zero attached hydrogens (tertiary/aromatic N) is 2. The molecule has 0 radical (unpaired) electrons. The number of halogens is 1. The van der Waals surface area contributed by atoms with Crippen LogP contribution in [0.1, 0.15) is 17.2 Å². The maximum atomic E-state index is 12.9. The van der Waals surface area contributed by atoms with Gasteiger partial charge in [0, 0.05) is 23.7 Å². The Morgan fingerprint density at radius 2 is 1.81 bits per heavy atom. The van der Waals surface area contributed by atoms with Crippen molar-refractivity contribution in [1.29, 1.82) is 0 Å². The zero-order valence-corrected chi connectivity index (χ0v) is 18.3.